The van der Waals surface area contributed by atoms with E-state index in [1.165, 1.54) is 0 Å². The van der Waals surface area contributed by atoms with Crippen LogP contribution in [0.15, 0.2) is 47.6 Å². The molecule has 1 heterocycles. The van der Waals surface area contributed by atoms with Gasteiger partial charge in [-0.05, 0) is 17.2 Å². The van der Waals surface area contributed by atoms with Gasteiger partial charge in [-0.3, -0.25) is 0 Å². The van der Waals surface area contributed by atoms with Gasteiger partial charge in [0.25, 0.3) is 0 Å². The minimum Gasteiger partial charge on any atom is -0.356 e. The van der Waals surface area contributed by atoms with Crippen LogP contribution < -0.4 is 10.5 Å². The van der Waals surface area contributed by atoms with Crippen molar-refractivity contribution in [1.29, 1.82) is 0 Å². The first-order chi connectivity index (χ1) is 9.01. The van der Waals surface area contributed by atoms with Crippen LogP contribution in [0.1, 0.15) is 11.1 Å². The lowest BCUT2D eigenvalue weighted by Gasteiger charge is -2.06. The van der Waals surface area contributed by atoms with E-state index in [1.54, 1.807) is 30.1 Å². The van der Waals surface area contributed by atoms with Gasteiger partial charge in [0.2, 0.25) is 10.0 Å². The van der Waals surface area contributed by atoms with E-state index in [0.29, 0.717) is 6.54 Å². The van der Waals surface area contributed by atoms with E-state index in [2.05, 4.69) is 4.72 Å². The number of hydrogen-bond donors (Lipinski definition) is 2. The van der Waals surface area contributed by atoms with Crippen molar-refractivity contribution in [2.75, 3.05) is 0 Å². The van der Waals surface area contributed by atoms with Crippen molar-refractivity contribution >= 4 is 10.0 Å². The van der Waals surface area contributed by atoms with E-state index in [0.717, 1.165) is 11.1 Å². The predicted octanol–water partition coefficient (Wildman–Crippen LogP) is 0.962. The molecule has 1 aromatic heterocycles. The molecule has 2 rings (SSSR count). The van der Waals surface area contributed by atoms with Crippen LogP contribution in [0.25, 0.3) is 0 Å². The van der Waals surface area contributed by atoms with Crippen LogP contribution in [0, 0.1) is 0 Å². The SMILES string of the molecule is Cn1ccc(S(=O)(=O)NCc2ccc(CN)cc2)c1. The van der Waals surface area contributed by atoms with E-state index in [-0.39, 0.29) is 11.4 Å². The van der Waals surface area contributed by atoms with Crippen LogP contribution in [-0.2, 0) is 30.2 Å². The molecule has 102 valence electrons. The molecular weight excluding hydrogens is 262 g/mol. The Morgan fingerprint density at radius 3 is 2.32 bits per heavy atom. The van der Waals surface area contributed by atoms with E-state index < -0.39 is 10.0 Å². The zero-order valence-corrected chi connectivity index (χ0v) is 11.5. The van der Waals surface area contributed by atoms with Crippen LogP contribution in [0.4, 0.5) is 0 Å². The second-order valence-electron chi connectivity index (χ2n) is 4.36. The molecule has 0 saturated carbocycles. The van der Waals surface area contributed by atoms with Crippen molar-refractivity contribution in [3.05, 3.63) is 53.9 Å². The lowest BCUT2D eigenvalue weighted by molar-refractivity contribution is 0.581. The molecule has 0 unspecified atom stereocenters. The van der Waals surface area contributed by atoms with E-state index in [4.69, 9.17) is 5.73 Å². The molecule has 0 aliphatic rings. The highest BCUT2D eigenvalue weighted by atomic mass is 32.2. The molecule has 0 aliphatic carbocycles. The van der Waals surface area contributed by atoms with Crippen molar-refractivity contribution in [2.45, 2.75) is 18.0 Å². The van der Waals surface area contributed by atoms with Gasteiger partial charge in [-0.25, -0.2) is 13.1 Å². The quantitative estimate of drug-likeness (QED) is 0.856. The van der Waals surface area contributed by atoms with Gasteiger partial charge in [-0.2, -0.15) is 0 Å². The monoisotopic (exact) mass is 279 g/mol. The molecule has 0 amide bonds. The molecule has 0 aliphatic heterocycles. The summed E-state index contributed by atoms with van der Waals surface area (Å²) in [6.45, 7) is 0.748. The zero-order valence-electron chi connectivity index (χ0n) is 10.7. The summed E-state index contributed by atoms with van der Waals surface area (Å²) in [7, 11) is -1.67. The largest absolute Gasteiger partial charge is 0.356 e. The molecule has 0 spiro atoms. The molecule has 0 saturated heterocycles. The molecule has 19 heavy (non-hydrogen) atoms. The number of benzene rings is 1. The Bertz CT molecular complexity index is 645. The molecule has 1 aromatic carbocycles. The predicted molar refractivity (Wildman–Crippen MR) is 73.8 cm³/mol. The molecular formula is C13H17N3O2S. The highest BCUT2D eigenvalue weighted by Crippen LogP contribution is 2.10. The molecule has 2 aromatic rings. The Morgan fingerprint density at radius 1 is 1.16 bits per heavy atom. The Kier molecular flexibility index (Phi) is 4.04. The number of nitrogens with zero attached hydrogens (tertiary/aromatic N) is 1. The smallest absolute Gasteiger partial charge is 0.242 e. The molecule has 6 heteroatoms. The van der Waals surface area contributed by atoms with Gasteiger partial charge in [-0.15, -0.1) is 0 Å². The maximum Gasteiger partial charge on any atom is 0.242 e. The highest BCUT2D eigenvalue weighted by Gasteiger charge is 2.14. The summed E-state index contributed by atoms with van der Waals surface area (Å²) in [5, 5.41) is 0. The van der Waals surface area contributed by atoms with Crippen LogP contribution in [0.5, 0.6) is 0 Å². The van der Waals surface area contributed by atoms with Gasteiger partial charge in [0.1, 0.15) is 0 Å². The lowest BCUT2D eigenvalue weighted by atomic mass is 10.1. The van der Waals surface area contributed by atoms with Gasteiger partial charge in [0.15, 0.2) is 0 Å². The molecule has 3 N–H and O–H groups in total. The first kappa shape index (κ1) is 13.8. The maximum atomic E-state index is 12.0. The summed E-state index contributed by atoms with van der Waals surface area (Å²) in [5.74, 6) is 0. The van der Waals surface area contributed by atoms with Crippen LogP contribution in [-0.4, -0.2) is 13.0 Å². The second-order valence-corrected chi connectivity index (χ2v) is 6.12. The van der Waals surface area contributed by atoms with Crippen molar-refractivity contribution in [3.8, 4) is 0 Å². The van der Waals surface area contributed by atoms with Crippen molar-refractivity contribution in [2.24, 2.45) is 12.8 Å². The molecule has 0 fully saturated rings. The summed E-state index contributed by atoms with van der Waals surface area (Å²) in [5.41, 5.74) is 7.43. The Labute approximate surface area is 113 Å². The van der Waals surface area contributed by atoms with Crippen LogP contribution in [0.3, 0.4) is 0 Å². The summed E-state index contributed by atoms with van der Waals surface area (Å²) in [4.78, 5) is 0.272. The van der Waals surface area contributed by atoms with Gasteiger partial charge in [-0.1, -0.05) is 24.3 Å². The topological polar surface area (TPSA) is 77.1 Å². The van der Waals surface area contributed by atoms with Gasteiger partial charge in [0.05, 0.1) is 4.90 Å². The van der Waals surface area contributed by atoms with Crippen molar-refractivity contribution in [3.63, 3.8) is 0 Å². The fourth-order valence-corrected chi connectivity index (χ4v) is 2.76. The van der Waals surface area contributed by atoms with Gasteiger partial charge >= 0.3 is 0 Å². The third-order valence-corrected chi connectivity index (χ3v) is 4.23. The normalized spacial score (nSPS) is 11.7. The summed E-state index contributed by atoms with van der Waals surface area (Å²) >= 11 is 0. The lowest BCUT2D eigenvalue weighted by Crippen LogP contribution is -2.22. The first-order valence-corrected chi connectivity index (χ1v) is 7.39. The molecule has 0 atom stereocenters. The molecule has 5 nitrogen and oxygen atoms in total. The van der Waals surface area contributed by atoms with Crippen LogP contribution >= 0.6 is 0 Å². The summed E-state index contributed by atoms with van der Waals surface area (Å²) in [6.07, 6.45) is 3.27. The average Bonchev–Trinajstić information content (AvgIpc) is 2.85. The second kappa shape index (κ2) is 5.56. The van der Waals surface area contributed by atoms with E-state index >= 15 is 0 Å². The van der Waals surface area contributed by atoms with E-state index in [1.807, 2.05) is 24.3 Å². The fourth-order valence-electron chi connectivity index (χ4n) is 1.69. The minimum absolute atomic E-state index is 0.266. The van der Waals surface area contributed by atoms with Gasteiger partial charge in [0, 0.05) is 32.5 Å². The number of rotatable bonds is 5. The Balaban J connectivity index is 2.05. The maximum absolute atomic E-state index is 12.0. The number of hydrogen-bond acceptors (Lipinski definition) is 3. The molecule has 0 bridgehead atoms. The number of aryl methyl sites for hydroxylation is 1. The number of nitrogens with one attached hydrogen (secondary N) is 1. The standard InChI is InChI=1S/C13H17N3O2S/c1-16-7-6-13(10-16)19(17,18)15-9-12-4-2-11(8-14)3-5-12/h2-7,10,15H,8-9,14H2,1H3. The van der Waals surface area contributed by atoms with Crippen molar-refractivity contribution in [1.82, 2.24) is 9.29 Å². The fraction of sp³-hybridized carbons (Fsp3) is 0.231. The van der Waals surface area contributed by atoms with E-state index in [9.17, 15) is 8.42 Å². The number of nitrogens with two attached hydrogens (primary N) is 1. The average molecular weight is 279 g/mol. The van der Waals surface area contributed by atoms with Crippen LogP contribution in [0.2, 0.25) is 0 Å². The Morgan fingerprint density at radius 2 is 1.79 bits per heavy atom. The Hall–Kier alpha value is -1.63. The van der Waals surface area contributed by atoms with Gasteiger partial charge < -0.3 is 10.3 Å². The number of sulfonamides is 1. The zero-order chi connectivity index (χ0) is 13.9. The molecule has 0 radical (unpaired) electrons. The highest BCUT2D eigenvalue weighted by molar-refractivity contribution is 7.89. The number of aromatic nitrogens is 1. The first-order valence-electron chi connectivity index (χ1n) is 5.91. The summed E-state index contributed by atoms with van der Waals surface area (Å²) in [6, 6.07) is 9.10. The third-order valence-electron chi connectivity index (χ3n) is 2.84. The van der Waals surface area contributed by atoms with Crippen molar-refractivity contribution < 1.29 is 8.42 Å². The summed E-state index contributed by atoms with van der Waals surface area (Å²) < 4.78 is 28.3. The third kappa shape index (κ3) is 3.44. The minimum atomic E-state index is -3.45.